The largest absolute Gasteiger partial charge is 0.483 e. The number of hydrogen-bond donors (Lipinski definition) is 2. The molecule has 2 N–H and O–H groups in total. The van der Waals surface area contributed by atoms with E-state index in [4.69, 9.17) is 27.9 Å². The topological polar surface area (TPSA) is 67.4 Å². The molecule has 2 rings (SSSR count). The number of carbonyl (C=O) groups excluding carboxylic acids is 2. The van der Waals surface area contributed by atoms with Gasteiger partial charge < -0.3 is 4.74 Å². The molecule has 0 heterocycles. The third kappa shape index (κ3) is 5.96. The van der Waals surface area contributed by atoms with E-state index in [1.165, 1.54) is 0 Å². The molecule has 0 atom stereocenters. The van der Waals surface area contributed by atoms with Gasteiger partial charge in [0, 0.05) is 10.0 Å². The second-order valence-corrected chi connectivity index (χ2v) is 6.10. The first-order valence-electron chi connectivity index (χ1n) is 7.72. The molecule has 0 radical (unpaired) electrons. The molecule has 132 valence electrons. The van der Waals surface area contributed by atoms with Gasteiger partial charge in [-0.3, -0.25) is 20.4 Å². The minimum atomic E-state index is -0.457. The Bertz CT molecular complexity index is 766. The zero-order chi connectivity index (χ0) is 18.2. The summed E-state index contributed by atoms with van der Waals surface area (Å²) in [7, 11) is 0. The Morgan fingerprint density at radius 1 is 1.00 bits per heavy atom. The van der Waals surface area contributed by atoms with Crippen LogP contribution in [0.5, 0.6) is 5.75 Å². The monoisotopic (exact) mass is 380 g/mol. The van der Waals surface area contributed by atoms with Crippen LogP contribution in [0, 0.1) is 0 Å². The van der Waals surface area contributed by atoms with Gasteiger partial charge in [0.2, 0.25) is 5.91 Å². The number of hydrazine groups is 1. The lowest BCUT2D eigenvalue weighted by atomic mass is 10.1. The highest BCUT2D eigenvalue weighted by Gasteiger charge is 2.10. The molecule has 0 saturated heterocycles. The van der Waals surface area contributed by atoms with Crippen molar-refractivity contribution in [2.75, 3.05) is 6.61 Å². The molecule has 5 nitrogen and oxygen atoms in total. The van der Waals surface area contributed by atoms with Crippen molar-refractivity contribution in [3.63, 3.8) is 0 Å². The molecule has 2 amide bonds. The minimum absolute atomic E-state index is 0.0236. The lowest BCUT2D eigenvalue weighted by Crippen LogP contribution is -2.44. The van der Waals surface area contributed by atoms with Crippen LogP contribution in [0.1, 0.15) is 18.1 Å². The summed E-state index contributed by atoms with van der Waals surface area (Å²) in [5.41, 5.74) is 6.26. The second kappa shape index (κ2) is 9.30. The number of amides is 2. The second-order valence-electron chi connectivity index (χ2n) is 5.26. The zero-order valence-electron chi connectivity index (χ0n) is 13.6. The van der Waals surface area contributed by atoms with Gasteiger partial charge in [-0.05, 0) is 35.7 Å². The van der Waals surface area contributed by atoms with E-state index in [1.54, 1.807) is 24.3 Å². The Morgan fingerprint density at radius 2 is 1.72 bits per heavy atom. The number of rotatable bonds is 6. The van der Waals surface area contributed by atoms with Crippen LogP contribution in [0.15, 0.2) is 42.5 Å². The summed E-state index contributed by atoms with van der Waals surface area (Å²) in [6.07, 6.45) is 0.826. The highest BCUT2D eigenvalue weighted by Crippen LogP contribution is 2.21. The summed E-state index contributed by atoms with van der Waals surface area (Å²) in [5.74, 6) is -0.201. The summed E-state index contributed by atoms with van der Waals surface area (Å²) < 4.78 is 5.47. The third-order valence-corrected chi connectivity index (χ3v) is 4.01. The lowest BCUT2D eigenvalue weighted by molar-refractivity contribution is -0.129. The van der Waals surface area contributed by atoms with E-state index in [2.05, 4.69) is 10.9 Å². The van der Waals surface area contributed by atoms with Crippen LogP contribution >= 0.6 is 23.2 Å². The van der Waals surface area contributed by atoms with Crippen LogP contribution in [-0.4, -0.2) is 18.4 Å². The molecule has 0 aliphatic rings. The molecule has 0 saturated carbocycles. The first kappa shape index (κ1) is 19.1. The molecule has 0 aliphatic heterocycles. The van der Waals surface area contributed by atoms with E-state index in [1.807, 2.05) is 25.1 Å². The van der Waals surface area contributed by atoms with E-state index >= 15 is 0 Å². The Morgan fingerprint density at radius 3 is 2.44 bits per heavy atom. The molecule has 25 heavy (non-hydrogen) atoms. The van der Waals surface area contributed by atoms with Gasteiger partial charge in [0.1, 0.15) is 5.75 Å². The van der Waals surface area contributed by atoms with Gasteiger partial charge in [-0.25, -0.2) is 0 Å². The maximum absolute atomic E-state index is 11.9. The number of aryl methyl sites for hydroxylation is 1. The highest BCUT2D eigenvalue weighted by molar-refractivity contribution is 6.35. The van der Waals surface area contributed by atoms with Crippen LogP contribution in [0.25, 0.3) is 0 Å². The third-order valence-electron chi connectivity index (χ3n) is 3.42. The van der Waals surface area contributed by atoms with Gasteiger partial charge in [0.05, 0.1) is 6.42 Å². The van der Waals surface area contributed by atoms with Crippen molar-refractivity contribution in [1.29, 1.82) is 0 Å². The molecule has 0 spiro atoms. The predicted molar refractivity (Wildman–Crippen MR) is 97.8 cm³/mol. The van der Waals surface area contributed by atoms with Crippen molar-refractivity contribution in [3.8, 4) is 5.75 Å². The van der Waals surface area contributed by atoms with Crippen LogP contribution in [0.3, 0.4) is 0 Å². The fourth-order valence-electron chi connectivity index (χ4n) is 2.14. The van der Waals surface area contributed by atoms with Crippen molar-refractivity contribution in [2.24, 2.45) is 0 Å². The first-order valence-corrected chi connectivity index (χ1v) is 8.47. The van der Waals surface area contributed by atoms with E-state index in [0.29, 0.717) is 21.4 Å². The van der Waals surface area contributed by atoms with Crippen molar-refractivity contribution >= 4 is 35.0 Å². The van der Waals surface area contributed by atoms with Crippen molar-refractivity contribution < 1.29 is 14.3 Å². The summed E-state index contributed by atoms with van der Waals surface area (Å²) in [4.78, 5) is 23.7. The molecule has 0 aromatic heterocycles. The highest BCUT2D eigenvalue weighted by atomic mass is 35.5. The molecule has 7 heteroatoms. The van der Waals surface area contributed by atoms with Gasteiger partial charge in [0.25, 0.3) is 5.91 Å². The Balaban J connectivity index is 1.78. The number of carbonyl (C=O) groups is 2. The first-order chi connectivity index (χ1) is 12.0. The average molecular weight is 381 g/mol. The van der Waals surface area contributed by atoms with E-state index in [0.717, 1.165) is 12.0 Å². The fourth-order valence-corrected chi connectivity index (χ4v) is 2.61. The standard InChI is InChI=1S/C18H18Cl2N2O3/c1-2-12-5-3-4-6-16(12)25-11-18(24)22-21-17(23)9-13-7-8-14(19)10-15(13)20/h3-8,10H,2,9,11H2,1H3,(H,21,23)(H,22,24). The van der Waals surface area contributed by atoms with E-state index < -0.39 is 11.8 Å². The fraction of sp³-hybridized carbons (Fsp3) is 0.222. The van der Waals surface area contributed by atoms with E-state index in [9.17, 15) is 9.59 Å². The molecular weight excluding hydrogens is 363 g/mol. The van der Waals surface area contributed by atoms with Crippen LogP contribution in [0.4, 0.5) is 0 Å². The van der Waals surface area contributed by atoms with Gasteiger partial charge in [0.15, 0.2) is 6.61 Å². The number of nitrogens with one attached hydrogen (secondary N) is 2. The summed E-state index contributed by atoms with van der Waals surface area (Å²) >= 11 is 11.8. The number of para-hydroxylation sites is 1. The van der Waals surface area contributed by atoms with Crippen molar-refractivity contribution in [2.45, 2.75) is 19.8 Å². The number of ether oxygens (including phenoxy) is 1. The van der Waals surface area contributed by atoms with Gasteiger partial charge >= 0.3 is 0 Å². The number of benzene rings is 2. The lowest BCUT2D eigenvalue weighted by Gasteiger charge is -2.11. The van der Waals surface area contributed by atoms with Gasteiger partial charge in [-0.2, -0.15) is 0 Å². The maximum atomic E-state index is 11.9. The summed E-state index contributed by atoms with van der Waals surface area (Å²) in [6.45, 7) is 1.81. The molecule has 0 unspecified atom stereocenters. The molecule has 0 bridgehead atoms. The maximum Gasteiger partial charge on any atom is 0.276 e. The van der Waals surface area contributed by atoms with E-state index in [-0.39, 0.29) is 13.0 Å². The minimum Gasteiger partial charge on any atom is -0.483 e. The molecule has 0 fully saturated rings. The molecular formula is C18H18Cl2N2O3. The average Bonchev–Trinajstić information content (AvgIpc) is 2.60. The van der Waals surface area contributed by atoms with Crippen molar-refractivity contribution in [1.82, 2.24) is 10.9 Å². The molecule has 2 aromatic rings. The Labute approximate surface area is 156 Å². The number of halogens is 2. The van der Waals surface area contributed by atoms with Crippen LogP contribution in [0.2, 0.25) is 10.0 Å². The SMILES string of the molecule is CCc1ccccc1OCC(=O)NNC(=O)Cc1ccc(Cl)cc1Cl. The molecule has 0 aliphatic carbocycles. The van der Waals surface area contributed by atoms with Gasteiger partial charge in [-0.15, -0.1) is 0 Å². The summed E-state index contributed by atoms with van der Waals surface area (Å²) in [5, 5.41) is 0.889. The molecule has 2 aromatic carbocycles. The normalized spacial score (nSPS) is 10.2. The van der Waals surface area contributed by atoms with Crippen LogP contribution < -0.4 is 15.6 Å². The Hall–Kier alpha value is -2.24. The smallest absolute Gasteiger partial charge is 0.276 e. The predicted octanol–water partition coefficient (Wildman–Crippen LogP) is 3.32. The summed E-state index contributed by atoms with van der Waals surface area (Å²) in [6, 6.07) is 12.4. The zero-order valence-corrected chi connectivity index (χ0v) is 15.2. The Kier molecular flexibility index (Phi) is 7.10. The number of hydrogen-bond acceptors (Lipinski definition) is 3. The van der Waals surface area contributed by atoms with Crippen LogP contribution in [-0.2, 0) is 22.4 Å². The van der Waals surface area contributed by atoms with Gasteiger partial charge in [-0.1, -0.05) is 54.4 Å². The van der Waals surface area contributed by atoms with Crippen molar-refractivity contribution in [3.05, 3.63) is 63.6 Å². The quantitative estimate of drug-likeness (QED) is 0.755.